The van der Waals surface area contributed by atoms with Crippen molar-refractivity contribution in [1.29, 1.82) is 0 Å². The van der Waals surface area contributed by atoms with E-state index in [1.165, 1.54) is 12.5 Å². The molecule has 0 heterocycles. The van der Waals surface area contributed by atoms with Crippen molar-refractivity contribution in [1.82, 2.24) is 0 Å². The van der Waals surface area contributed by atoms with Crippen molar-refractivity contribution >= 4 is 22.0 Å². The lowest BCUT2D eigenvalue weighted by atomic mass is 9.83. The number of hydrogen-bond donors (Lipinski definition) is 0. The van der Waals surface area contributed by atoms with Crippen molar-refractivity contribution in [3.8, 4) is 0 Å². The zero-order valence-corrected chi connectivity index (χ0v) is 13.1. The van der Waals surface area contributed by atoms with Gasteiger partial charge in [-0.15, -0.1) is 0 Å². The molecule has 1 aliphatic rings. The molecular weight excluding hydrogens is 348 g/mol. The zero-order chi connectivity index (χ0) is 15.5. The van der Waals surface area contributed by atoms with Crippen LogP contribution < -0.4 is 0 Å². The SMILES string of the molecule is Fc1ccc(/C=C(/CBr)C2CCCCC2)c(C(F)(F)F)c1. The monoisotopic (exact) mass is 364 g/mol. The van der Waals surface area contributed by atoms with E-state index in [2.05, 4.69) is 15.9 Å². The summed E-state index contributed by atoms with van der Waals surface area (Å²) in [7, 11) is 0. The first-order valence-corrected chi connectivity index (χ1v) is 8.17. The first-order valence-electron chi connectivity index (χ1n) is 7.05. The molecule has 0 saturated heterocycles. The van der Waals surface area contributed by atoms with Crippen LogP contribution in [-0.2, 0) is 6.18 Å². The number of benzene rings is 1. The van der Waals surface area contributed by atoms with Gasteiger partial charge in [-0.2, -0.15) is 13.2 Å². The first-order chi connectivity index (χ1) is 9.91. The Bertz CT molecular complexity index is 513. The van der Waals surface area contributed by atoms with E-state index in [4.69, 9.17) is 0 Å². The smallest absolute Gasteiger partial charge is 0.207 e. The Morgan fingerprint density at radius 1 is 1.19 bits per heavy atom. The Kier molecular flexibility index (Phi) is 5.47. The van der Waals surface area contributed by atoms with Crippen molar-refractivity contribution < 1.29 is 17.6 Å². The molecule has 0 radical (unpaired) electrons. The molecule has 0 aromatic heterocycles. The summed E-state index contributed by atoms with van der Waals surface area (Å²) >= 11 is 3.37. The van der Waals surface area contributed by atoms with Crippen LogP contribution in [0.5, 0.6) is 0 Å². The van der Waals surface area contributed by atoms with Crippen LogP contribution in [0.2, 0.25) is 0 Å². The Hall–Kier alpha value is -0.840. The quantitative estimate of drug-likeness (QED) is 0.442. The second-order valence-corrected chi connectivity index (χ2v) is 5.98. The summed E-state index contributed by atoms with van der Waals surface area (Å²) in [4.78, 5) is 0. The Morgan fingerprint density at radius 2 is 1.86 bits per heavy atom. The zero-order valence-electron chi connectivity index (χ0n) is 11.5. The van der Waals surface area contributed by atoms with Crippen molar-refractivity contribution in [2.45, 2.75) is 38.3 Å². The van der Waals surface area contributed by atoms with Gasteiger partial charge in [-0.3, -0.25) is 0 Å². The molecule has 0 spiro atoms. The molecule has 0 nitrogen and oxygen atoms in total. The highest BCUT2D eigenvalue weighted by atomic mass is 79.9. The van der Waals surface area contributed by atoms with Crippen LogP contribution in [-0.4, -0.2) is 5.33 Å². The summed E-state index contributed by atoms with van der Waals surface area (Å²) in [5.74, 6) is -0.540. The fourth-order valence-electron chi connectivity index (χ4n) is 2.84. The Labute approximate surface area is 130 Å². The molecule has 2 rings (SSSR count). The van der Waals surface area contributed by atoms with Crippen LogP contribution in [0.25, 0.3) is 6.08 Å². The van der Waals surface area contributed by atoms with Gasteiger partial charge in [-0.25, -0.2) is 4.39 Å². The van der Waals surface area contributed by atoms with Crippen LogP contribution in [0.15, 0.2) is 23.8 Å². The van der Waals surface area contributed by atoms with E-state index in [-0.39, 0.29) is 5.56 Å². The number of halogens is 5. The van der Waals surface area contributed by atoms with Gasteiger partial charge in [0, 0.05) is 5.33 Å². The van der Waals surface area contributed by atoms with E-state index < -0.39 is 17.6 Å². The normalized spacial score (nSPS) is 18.0. The van der Waals surface area contributed by atoms with E-state index in [9.17, 15) is 17.6 Å². The maximum Gasteiger partial charge on any atom is 0.417 e. The second-order valence-electron chi connectivity index (χ2n) is 5.42. The topological polar surface area (TPSA) is 0 Å². The fourth-order valence-corrected chi connectivity index (χ4v) is 3.46. The predicted molar refractivity (Wildman–Crippen MR) is 79.7 cm³/mol. The maximum absolute atomic E-state index is 13.1. The van der Waals surface area contributed by atoms with Gasteiger partial charge in [-0.05, 0) is 36.5 Å². The highest BCUT2D eigenvalue weighted by Gasteiger charge is 2.33. The van der Waals surface area contributed by atoms with Crippen molar-refractivity contribution in [2.75, 3.05) is 5.33 Å². The number of alkyl halides is 4. The van der Waals surface area contributed by atoms with Gasteiger partial charge in [0.1, 0.15) is 5.82 Å². The third-order valence-electron chi connectivity index (χ3n) is 3.95. The molecule has 1 aliphatic carbocycles. The van der Waals surface area contributed by atoms with Crippen LogP contribution >= 0.6 is 15.9 Å². The van der Waals surface area contributed by atoms with Crippen LogP contribution in [0.1, 0.15) is 43.2 Å². The number of hydrogen-bond acceptors (Lipinski definition) is 0. The van der Waals surface area contributed by atoms with E-state index in [1.807, 2.05) is 0 Å². The summed E-state index contributed by atoms with van der Waals surface area (Å²) in [6.07, 6.45) is 2.48. The molecule has 21 heavy (non-hydrogen) atoms. The van der Waals surface area contributed by atoms with Crippen LogP contribution in [0, 0.1) is 11.7 Å². The Morgan fingerprint density at radius 3 is 2.43 bits per heavy atom. The molecule has 1 aromatic rings. The minimum absolute atomic E-state index is 0.0453. The van der Waals surface area contributed by atoms with Gasteiger partial charge < -0.3 is 0 Å². The molecule has 0 unspecified atom stereocenters. The molecule has 5 heteroatoms. The third kappa shape index (κ3) is 4.31. The first kappa shape index (κ1) is 16.5. The van der Waals surface area contributed by atoms with Crippen molar-refractivity contribution in [3.05, 3.63) is 40.7 Å². The predicted octanol–water partition coefficient (Wildman–Crippen LogP) is 6.20. The van der Waals surface area contributed by atoms with Gasteiger partial charge in [0.15, 0.2) is 0 Å². The van der Waals surface area contributed by atoms with E-state index in [0.717, 1.165) is 37.3 Å². The lowest BCUT2D eigenvalue weighted by Gasteiger charge is -2.24. The van der Waals surface area contributed by atoms with Gasteiger partial charge in [0.2, 0.25) is 0 Å². The highest BCUT2D eigenvalue weighted by molar-refractivity contribution is 9.09. The number of rotatable bonds is 3. The van der Waals surface area contributed by atoms with Crippen LogP contribution in [0.3, 0.4) is 0 Å². The standard InChI is InChI=1S/C16H17BrF4/c17-10-13(11-4-2-1-3-5-11)8-12-6-7-14(18)9-15(12)16(19,20)21/h6-9,11H,1-5,10H2/b13-8-. The van der Waals surface area contributed by atoms with Crippen LogP contribution in [0.4, 0.5) is 17.6 Å². The van der Waals surface area contributed by atoms with Crippen molar-refractivity contribution in [2.24, 2.45) is 5.92 Å². The molecule has 0 amide bonds. The fraction of sp³-hybridized carbons (Fsp3) is 0.500. The van der Waals surface area contributed by atoms with Gasteiger partial charge in [0.05, 0.1) is 5.56 Å². The summed E-state index contributed by atoms with van der Waals surface area (Å²) < 4.78 is 52.2. The average molecular weight is 365 g/mol. The molecule has 1 aromatic carbocycles. The Balaban J connectivity index is 2.37. The van der Waals surface area contributed by atoms with Gasteiger partial charge in [-0.1, -0.05) is 52.9 Å². The largest absolute Gasteiger partial charge is 0.417 e. The molecular formula is C16H17BrF4. The molecule has 0 bridgehead atoms. The third-order valence-corrected chi connectivity index (χ3v) is 4.59. The molecule has 0 atom stereocenters. The molecule has 1 fully saturated rings. The highest BCUT2D eigenvalue weighted by Crippen LogP contribution is 2.36. The summed E-state index contributed by atoms with van der Waals surface area (Å²) in [5.41, 5.74) is 0.104. The minimum atomic E-state index is -4.54. The summed E-state index contributed by atoms with van der Waals surface area (Å²) in [6.45, 7) is 0. The minimum Gasteiger partial charge on any atom is -0.207 e. The lowest BCUT2D eigenvalue weighted by molar-refractivity contribution is -0.137. The average Bonchev–Trinajstić information content (AvgIpc) is 2.46. The van der Waals surface area contributed by atoms with E-state index in [0.29, 0.717) is 17.3 Å². The molecule has 116 valence electrons. The summed E-state index contributed by atoms with van der Waals surface area (Å²) in [5, 5.41) is 0.548. The molecule has 1 saturated carbocycles. The van der Waals surface area contributed by atoms with E-state index >= 15 is 0 Å². The van der Waals surface area contributed by atoms with Gasteiger partial charge >= 0.3 is 6.18 Å². The molecule has 0 N–H and O–H groups in total. The van der Waals surface area contributed by atoms with Gasteiger partial charge in [0.25, 0.3) is 0 Å². The second kappa shape index (κ2) is 6.95. The van der Waals surface area contributed by atoms with E-state index in [1.54, 1.807) is 6.08 Å². The lowest BCUT2D eigenvalue weighted by Crippen LogP contribution is -2.12. The number of allylic oxidation sites excluding steroid dienone is 1. The maximum atomic E-state index is 13.1. The van der Waals surface area contributed by atoms with Crippen molar-refractivity contribution in [3.63, 3.8) is 0 Å². The molecule has 0 aliphatic heterocycles. The summed E-state index contributed by atoms with van der Waals surface area (Å²) in [6, 6.07) is 2.86.